The summed E-state index contributed by atoms with van der Waals surface area (Å²) >= 11 is 1.39. The number of rotatable bonds is 4. The molecule has 3 rings (SSSR count). The van der Waals surface area contributed by atoms with Crippen molar-refractivity contribution in [1.29, 1.82) is 0 Å². The normalized spacial score (nSPS) is 16.9. The molecule has 0 fully saturated rings. The molecule has 1 aliphatic carbocycles. The number of ketones is 1. The molecule has 1 unspecified atom stereocenters. The maximum absolute atomic E-state index is 13.1. The number of aryl methyl sites for hydroxylation is 1. The summed E-state index contributed by atoms with van der Waals surface area (Å²) in [6, 6.07) is 10.3. The number of hydrogen-bond acceptors (Lipinski definition) is 3. The summed E-state index contributed by atoms with van der Waals surface area (Å²) in [5, 5.41) is 0. The first kappa shape index (κ1) is 13.3. The Kier molecular flexibility index (Phi) is 3.83. The van der Waals surface area contributed by atoms with Gasteiger partial charge < -0.3 is 0 Å². The maximum Gasteiger partial charge on any atom is 0.152 e. The molecule has 1 aromatic carbocycles. The van der Waals surface area contributed by atoms with E-state index in [9.17, 15) is 9.18 Å². The molecule has 102 valence electrons. The molecular weight excluding hydrogens is 273 g/mol. The molecule has 20 heavy (non-hydrogen) atoms. The van der Waals surface area contributed by atoms with Crippen LogP contribution in [0.15, 0.2) is 47.5 Å². The highest BCUT2D eigenvalue weighted by atomic mass is 32.2. The van der Waals surface area contributed by atoms with Crippen LogP contribution in [0.5, 0.6) is 0 Å². The number of benzene rings is 1. The summed E-state index contributed by atoms with van der Waals surface area (Å²) in [6.45, 7) is 0. The molecule has 0 radical (unpaired) electrons. The molecule has 0 spiro atoms. The lowest BCUT2D eigenvalue weighted by Crippen LogP contribution is -2.13. The Bertz CT molecular complexity index is 644. The SMILES string of the molecule is O=C(CSc1cccc(F)c1)C1CCc2cccnc21. The number of fused-ring (bicyclic) bond motifs is 1. The second kappa shape index (κ2) is 5.75. The van der Waals surface area contributed by atoms with Crippen molar-refractivity contribution in [2.75, 3.05) is 5.75 Å². The highest BCUT2D eigenvalue weighted by Crippen LogP contribution is 2.33. The summed E-state index contributed by atoms with van der Waals surface area (Å²) in [6.07, 6.45) is 3.50. The fourth-order valence-electron chi connectivity index (χ4n) is 2.54. The van der Waals surface area contributed by atoms with E-state index in [4.69, 9.17) is 0 Å². The van der Waals surface area contributed by atoms with Gasteiger partial charge in [-0.1, -0.05) is 12.1 Å². The van der Waals surface area contributed by atoms with Crippen molar-refractivity contribution in [1.82, 2.24) is 4.98 Å². The van der Waals surface area contributed by atoms with Crippen LogP contribution in [-0.4, -0.2) is 16.5 Å². The first-order chi connectivity index (χ1) is 9.74. The van der Waals surface area contributed by atoms with Crippen LogP contribution in [0.3, 0.4) is 0 Å². The van der Waals surface area contributed by atoms with Gasteiger partial charge in [-0.05, 0) is 42.7 Å². The highest BCUT2D eigenvalue weighted by molar-refractivity contribution is 8.00. The summed E-state index contributed by atoms with van der Waals surface area (Å²) in [4.78, 5) is 17.4. The van der Waals surface area contributed by atoms with Crippen LogP contribution in [0.1, 0.15) is 23.6 Å². The third kappa shape index (κ3) is 2.75. The van der Waals surface area contributed by atoms with Crippen LogP contribution in [0, 0.1) is 5.82 Å². The molecule has 0 N–H and O–H groups in total. The van der Waals surface area contributed by atoms with Gasteiger partial charge in [0.15, 0.2) is 5.78 Å². The molecule has 0 saturated carbocycles. The van der Waals surface area contributed by atoms with Crippen LogP contribution in [-0.2, 0) is 11.2 Å². The Morgan fingerprint density at radius 3 is 3.10 bits per heavy atom. The number of pyridine rings is 1. The number of Topliss-reactive ketones (excluding diaryl/α,β-unsaturated/α-hetero) is 1. The fourth-order valence-corrected chi connectivity index (χ4v) is 3.42. The zero-order chi connectivity index (χ0) is 13.9. The second-order valence-corrected chi connectivity index (χ2v) is 5.90. The van der Waals surface area contributed by atoms with Crippen LogP contribution >= 0.6 is 11.8 Å². The van der Waals surface area contributed by atoms with Gasteiger partial charge in [0.2, 0.25) is 0 Å². The molecule has 1 aliphatic rings. The van der Waals surface area contributed by atoms with E-state index in [1.165, 1.54) is 29.5 Å². The van der Waals surface area contributed by atoms with E-state index in [0.29, 0.717) is 5.75 Å². The van der Waals surface area contributed by atoms with Gasteiger partial charge in [-0.2, -0.15) is 0 Å². The zero-order valence-corrected chi connectivity index (χ0v) is 11.7. The van der Waals surface area contributed by atoms with E-state index in [0.717, 1.165) is 23.4 Å². The Morgan fingerprint density at radius 1 is 1.35 bits per heavy atom. The molecular formula is C16H14FNOS. The van der Waals surface area contributed by atoms with Crippen LogP contribution in [0.2, 0.25) is 0 Å². The second-order valence-electron chi connectivity index (χ2n) is 4.85. The van der Waals surface area contributed by atoms with Crippen molar-refractivity contribution in [3.05, 3.63) is 59.7 Å². The number of hydrogen-bond donors (Lipinski definition) is 0. The van der Waals surface area contributed by atoms with E-state index < -0.39 is 0 Å². The Labute approximate surface area is 121 Å². The van der Waals surface area contributed by atoms with Gasteiger partial charge in [0.25, 0.3) is 0 Å². The van der Waals surface area contributed by atoms with Gasteiger partial charge in [0, 0.05) is 11.1 Å². The standard InChI is InChI=1S/C16H14FNOS/c17-12-4-1-5-13(9-12)20-10-15(19)14-7-6-11-3-2-8-18-16(11)14/h1-5,8-9,14H,6-7,10H2. The number of thioether (sulfide) groups is 1. The third-order valence-corrected chi connectivity index (χ3v) is 4.54. The molecule has 1 atom stereocenters. The van der Waals surface area contributed by atoms with Crippen molar-refractivity contribution >= 4 is 17.5 Å². The first-order valence-corrected chi connectivity index (χ1v) is 7.57. The van der Waals surface area contributed by atoms with Gasteiger partial charge in [-0.25, -0.2) is 4.39 Å². The van der Waals surface area contributed by atoms with Crippen molar-refractivity contribution in [3.63, 3.8) is 0 Å². The van der Waals surface area contributed by atoms with E-state index >= 15 is 0 Å². The molecule has 1 heterocycles. The van der Waals surface area contributed by atoms with Gasteiger partial charge in [-0.15, -0.1) is 11.8 Å². The molecule has 4 heteroatoms. The summed E-state index contributed by atoms with van der Waals surface area (Å²) in [7, 11) is 0. The van der Waals surface area contributed by atoms with Crippen molar-refractivity contribution in [2.45, 2.75) is 23.7 Å². The van der Waals surface area contributed by atoms with E-state index in [2.05, 4.69) is 4.98 Å². The minimum Gasteiger partial charge on any atom is -0.298 e. The minimum atomic E-state index is -0.268. The smallest absolute Gasteiger partial charge is 0.152 e. The minimum absolute atomic E-state index is 0.0905. The lowest BCUT2D eigenvalue weighted by atomic mass is 10.0. The van der Waals surface area contributed by atoms with E-state index in [1.54, 1.807) is 12.3 Å². The lowest BCUT2D eigenvalue weighted by Gasteiger charge is -2.09. The quantitative estimate of drug-likeness (QED) is 0.805. The van der Waals surface area contributed by atoms with Crippen LogP contribution in [0.25, 0.3) is 0 Å². The van der Waals surface area contributed by atoms with Crippen LogP contribution < -0.4 is 0 Å². The monoisotopic (exact) mass is 287 g/mol. The predicted molar refractivity (Wildman–Crippen MR) is 77.4 cm³/mol. The van der Waals surface area contributed by atoms with E-state index in [-0.39, 0.29) is 17.5 Å². The van der Waals surface area contributed by atoms with Crippen molar-refractivity contribution in [3.8, 4) is 0 Å². The average molecular weight is 287 g/mol. The molecule has 1 aromatic heterocycles. The van der Waals surface area contributed by atoms with Crippen molar-refractivity contribution in [2.24, 2.45) is 0 Å². The Hall–Kier alpha value is -1.68. The number of carbonyl (C=O) groups is 1. The Balaban J connectivity index is 1.66. The number of halogens is 1. The number of nitrogens with zero attached hydrogens (tertiary/aromatic N) is 1. The lowest BCUT2D eigenvalue weighted by molar-refractivity contribution is -0.118. The molecule has 0 amide bonds. The number of aromatic nitrogens is 1. The predicted octanol–water partition coefficient (Wildman–Crippen LogP) is 3.61. The van der Waals surface area contributed by atoms with Gasteiger partial charge >= 0.3 is 0 Å². The third-order valence-electron chi connectivity index (χ3n) is 3.52. The van der Waals surface area contributed by atoms with Gasteiger partial charge in [0.1, 0.15) is 5.82 Å². The number of carbonyl (C=O) groups excluding carboxylic acids is 1. The molecule has 0 saturated heterocycles. The largest absolute Gasteiger partial charge is 0.298 e. The van der Waals surface area contributed by atoms with Crippen LogP contribution in [0.4, 0.5) is 4.39 Å². The first-order valence-electron chi connectivity index (χ1n) is 6.59. The summed E-state index contributed by atoms with van der Waals surface area (Å²) in [5.41, 5.74) is 2.11. The zero-order valence-electron chi connectivity index (χ0n) is 10.9. The topological polar surface area (TPSA) is 30.0 Å². The highest BCUT2D eigenvalue weighted by Gasteiger charge is 2.29. The van der Waals surface area contributed by atoms with Crippen molar-refractivity contribution < 1.29 is 9.18 Å². The summed E-state index contributed by atoms with van der Waals surface area (Å²) in [5.74, 6) is 0.184. The van der Waals surface area contributed by atoms with E-state index in [1.807, 2.05) is 18.2 Å². The fraction of sp³-hybridized carbons (Fsp3) is 0.250. The molecule has 0 bridgehead atoms. The Morgan fingerprint density at radius 2 is 2.25 bits per heavy atom. The van der Waals surface area contributed by atoms with Gasteiger partial charge in [0.05, 0.1) is 17.4 Å². The average Bonchev–Trinajstić information content (AvgIpc) is 2.89. The molecule has 2 nitrogen and oxygen atoms in total. The molecule has 0 aliphatic heterocycles. The summed E-state index contributed by atoms with van der Waals surface area (Å²) < 4.78 is 13.1. The maximum atomic E-state index is 13.1. The molecule has 2 aromatic rings. The van der Waals surface area contributed by atoms with Gasteiger partial charge in [-0.3, -0.25) is 9.78 Å².